The van der Waals surface area contributed by atoms with Crippen LogP contribution < -0.4 is 69.1 Å². The lowest BCUT2D eigenvalue weighted by Crippen LogP contribution is -2.36. The molecule has 0 saturated carbocycles. The summed E-state index contributed by atoms with van der Waals surface area (Å²) in [6.07, 6.45) is 35.9. The van der Waals surface area contributed by atoms with E-state index in [1.807, 2.05) is 92.1 Å². The molecule has 0 bridgehead atoms. The van der Waals surface area contributed by atoms with Gasteiger partial charge in [0.1, 0.15) is 5.60 Å². The second-order valence-electron chi connectivity index (χ2n) is 37.6. The van der Waals surface area contributed by atoms with Crippen molar-refractivity contribution in [3.63, 3.8) is 0 Å². The first-order valence-electron chi connectivity index (χ1n) is 50.0. The molecule has 14 N–H and O–H groups in total. The highest BCUT2D eigenvalue weighted by Gasteiger charge is 2.46. The second kappa shape index (κ2) is 62.7. The van der Waals surface area contributed by atoms with E-state index < -0.39 is 11.6 Å². The SMILES string of the molecule is CC(C)(C)OC(=O)CCOCCOCCOCCNC(=O)c1ccc(CN(CCCCCCCNC(=O)CCCCC2SCC3NC(=O)NC32)CCCCCCCNC(=O)CCCCC2SCC3NC(=O)NC32)cc1.O=C(CCCCC1SCC2NC(=O)NC21)NCCCCCCCN(CCCCCCCNC(=O)CCCCC1SCC2NC(=O)NC21)Cc1ccc(C(=O)O)cc1. The number of urea groups is 4. The highest BCUT2D eigenvalue weighted by atomic mass is 32.2. The fourth-order valence-electron chi connectivity index (χ4n) is 18.3. The maximum absolute atomic E-state index is 12.9. The Morgan fingerprint density at radius 2 is 0.629 bits per heavy atom. The van der Waals surface area contributed by atoms with E-state index in [1.165, 1.54) is 5.56 Å². The molecule has 0 aromatic heterocycles. The summed E-state index contributed by atoms with van der Waals surface area (Å²) < 4.78 is 21.8. The number of carboxylic acid groups (broad SMARTS) is 1. The Morgan fingerprint density at radius 1 is 0.341 bits per heavy atom. The number of hydrogen-bond acceptors (Lipinski definition) is 21. The minimum absolute atomic E-state index is 0.0510. The van der Waals surface area contributed by atoms with Crippen molar-refractivity contribution in [1.82, 2.24) is 78.9 Å². The Labute approximate surface area is 802 Å². The van der Waals surface area contributed by atoms with E-state index in [1.54, 1.807) is 12.1 Å². The highest BCUT2D eigenvalue weighted by Crippen LogP contribution is 2.37. The number of ether oxygens (including phenoxy) is 4. The third-order valence-electron chi connectivity index (χ3n) is 25.6. The summed E-state index contributed by atoms with van der Waals surface area (Å²) in [7, 11) is 0. The molecule has 2 aromatic rings. The largest absolute Gasteiger partial charge is 0.478 e. The lowest BCUT2D eigenvalue weighted by Gasteiger charge is -2.23. The van der Waals surface area contributed by atoms with Crippen molar-refractivity contribution in [2.45, 2.75) is 346 Å². The number of fused-ring (bicyclic) bond motifs is 4. The molecule has 2 aromatic carbocycles. The Bertz CT molecular complexity index is 3620. The molecule has 8 aliphatic rings. The molecule has 8 aliphatic heterocycles. The van der Waals surface area contributed by atoms with E-state index in [-0.39, 0.29) is 121 Å². The van der Waals surface area contributed by atoms with Crippen molar-refractivity contribution >= 4 is 113 Å². The fourth-order valence-corrected chi connectivity index (χ4v) is 24.5. The summed E-state index contributed by atoms with van der Waals surface area (Å²) in [6.45, 7) is 16.6. The first kappa shape index (κ1) is 109. The molecular formula is C97H159N15O16S4. The van der Waals surface area contributed by atoms with Gasteiger partial charge in [0.05, 0.1) is 100.0 Å². The molecule has 31 nitrogen and oxygen atoms in total. The van der Waals surface area contributed by atoms with Crippen LogP contribution in [0.25, 0.3) is 0 Å². The Morgan fingerprint density at radius 3 is 0.939 bits per heavy atom. The number of unbranched alkanes of at least 4 members (excludes halogenated alkanes) is 20. The van der Waals surface area contributed by atoms with Crippen LogP contribution in [0.4, 0.5) is 19.2 Å². The number of esters is 1. The van der Waals surface area contributed by atoms with Crippen LogP contribution in [0.2, 0.25) is 0 Å². The second-order valence-corrected chi connectivity index (χ2v) is 42.7. The maximum atomic E-state index is 12.9. The average molecular weight is 1920 g/mol. The molecule has 8 heterocycles. The summed E-state index contributed by atoms with van der Waals surface area (Å²) in [5, 5.41) is 50.5. The van der Waals surface area contributed by atoms with Crippen molar-refractivity contribution in [3.05, 3.63) is 70.8 Å². The number of rotatable bonds is 70. The van der Waals surface area contributed by atoms with Gasteiger partial charge in [0, 0.05) is 121 Å². The molecule has 12 unspecified atom stereocenters. The van der Waals surface area contributed by atoms with Crippen molar-refractivity contribution < 1.29 is 76.8 Å². The summed E-state index contributed by atoms with van der Waals surface area (Å²) >= 11 is 7.68. The maximum Gasteiger partial charge on any atom is 0.335 e. The van der Waals surface area contributed by atoms with Crippen LogP contribution in [0.1, 0.15) is 290 Å². The summed E-state index contributed by atoms with van der Waals surface area (Å²) in [6, 6.07) is 16.8. The predicted octanol–water partition coefficient (Wildman–Crippen LogP) is 12.4. The van der Waals surface area contributed by atoms with Gasteiger partial charge in [-0.1, -0.05) is 127 Å². The molecule has 0 radical (unpaired) electrons. The Kier molecular flexibility index (Phi) is 51.6. The number of benzene rings is 2. The van der Waals surface area contributed by atoms with E-state index >= 15 is 0 Å². The van der Waals surface area contributed by atoms with Crippen LogP contribution in [-0.2, 0) is 56.0 Å². The number of nitrogens with one attached hydrogen (secondary N) is 13. The van der Waals surface area contributed by atoms with E-state index in [0.717, 1.165) is 299 Å². The number of hydrogen-bond donors (Lipinski definition) is 14. The lowest BCUT2D eigenvalue weighted by molar-refractivity contribution is -0.156. The Balaban J connectivity index is 0.000000308. The normalized spacial score (nSPS) is 21.9. The first-order valence-corrected chi connectivity index (χ1v) is 54.2. The van der Waals surface area contributed by atoms with Gasteiger partial charge in [0.25, 0.3) is 5.91 Å². The van der Waals surface area contributed by atoms with Gasteiger partial charge in [0.15, 0.2) is 0 Å². The lowest BCUT2D eigenvalue weighted by atomic mass is 10.0. The molecular weight excluding hydrogens is 1760 g/mol. The third kappa shape index (κ3) is 43.6. The summed E-state index contributed by atoms with van der Waals surface area (Å²) in [5.41, 5.74) is 2.72. The summed E-state index contributed by atoms with van der Waals surface area (Å²) in [4.78, 5) is 137. The molecule has 742 valence electrons. The molecule has 10 rings (SSSR count). The van der Waals surface area contributed by atoms with Gasteiger partial charge >= 0.3 is 36.1 Å². The molecule has 0 spiro atoms. The predicted molar refractivity (Wildman–Crippen MR) is 526 cm³/mol. The minimum atomic E-state index is -0.906. The number of carbonyl (C=O) groups is 11. The zero-order valence-electron chi connectivity index (χ0n) is 79.2. The zero-order valence-corrected chi connectivity index (χ0v) is 82.4. The number of carbonyl (C=O) groups excluding carboxylic acids is 10. The fraction of sp³-hybridized carbons (Fsp3) is 0.763. The third-order valence-corrected chi connectivity index (χ3v) is 31.6. The van der Waals surface area contributed by atoms with Crippen molar-refractivity contribution in [2.75, 3.05) is 122 Å². The van der Waals surface area contributed by atoms with E-state index in [4.69, 9.17) is 18.9 Å². The number of nitrogens with zero attached hydrogens (tertiary/aromatic N) is 2. The van der Waals surface area contributed by atoms with Crippen LogP contribution in [0.5, 0.6) is 0 Å². The molecule has 8 saturated heterocycles. The zero-order chi connectivity index (χ0) is 93.8. The van der Waals surface area contributed by atoms with Gasteiger partial charge in [-0.25, -0.2) is 24.0 Å². The molecule has 8 fully saturated rings. The quantitative estimate of drug-likeness (QED) is 0.0166. The van der Waals surface area contributed by atoms with Crippen LogP contribution in [-0.4, -0.2) is 277 Å². The summed E-state index contributed by atoms with van der Waals surface area (Å²) in [5.74, 6) is 3.06. The number of amides is 13. The van der Waals surface area contributed by atoms with Crippen LogP contribution in [0.3, 0.4) is 0 Å². The molecule has 12 atom stereocenters. The molecule has 35 heteroatoms. The van der Waals surface area contributed by atoms with Crippen molar-refractivity contribution in [2.24, 2.45) is 0 Å². The number of thioether (sulfide) groups is 4. The van der Waals surface area contributed by atoms with Crippen LogP contribution in [0.15, 0.2) is 48.5 Å². The van der Waals surface area contributed by atoms with Crippen LogP contribution in [0, 0.1) is 0 Å². The van der Waals surface area contributed by atoms with Gasteiger partial charge in [-0.3, -0.25) is 38.6 Å². The smallest absolute Gasteiger partial charge is 0.335 e. The van der Waals surface area contributed by atoms with Gasteiger partial charge in [-0.05, 0) is 185 Å². The minimum Gasteiger partial charge on any atom is -0.478 e. The monoisotopic (exact) mass is 1920 g/mol. The Hall–Kier alpha value is -6.99. The van der Waals surface area contributed by atoms with Gasteiger partial charge in [0.2, 0.25) is 23.6 Å². The van der Waals surface area contributed by atoms with Crippen LogP contribution >= 0.6 is 47.0 Å². The first-order chi connectivity index (χ1) is 64.1. The van der Waals surface area contributed by atoms with Crippen molar-refractivity contribution in [1.29, 1.82) is 0 Å². The van der Waals surface area contributed by atoms with E-state index in [2.05, 4.69) is 91.1 Å². The van der Waals surface area contributed by atoms with E-state index in [0.29, 0.717) is 97.4 Å². The van der Waals surface area contributed by atoms with Gasteiger partial charge in [-0.15, -0.1) is 0 Å². The molecule has 132 heavy (non-hydrogen) atoms. The average Bonchev–Trinajstić information content (AvgIpc) is 1.68. The van der Waals surface area contributed by atoms with Gasteiger partial charge < -0.3 is 93.2 Å². The standard InChI is InChI=1S/C55H92N8O10S2.C42H67N7O6S2/c1-55(2,3)73-49(66)26-32-70-34-36-72-37-35-71-33-29-58-52(67)42-24-22-41(23-25-42)38-63(30-16-8-4-6-14-27-56-47(64)20-12-10-18-45-50-43(39-74-45)59-53(68)61-50)31-17-9-5-7-15-28-57-48(65)21-13-11-19-46-51-44(40-75-46)60-54(69)62-51;50-36(17-9-7-15-34-38-32(28-56-34)45-41(54)47-38)43-23-11-3-1-5-13-25-49(27-30-19-21-31(22-20-30)40(52)53)26-14-6-2-4-12-24-44-37(51)18-10-8-16-35-39-33(29-57-35)46-42(55)48-39/h22-25,43-46,50-51H,4-21,26-40H2,1-3H3,(H,56,64)(H,57,65)(H,58,67)(H2,59,61,68)(H2,60,62,69);19-22,32-35,38-39H,1-18,23-29H2,(H,43,50)(H,44,51)(H,52,53)(H2,45,47,54)(H2,46,48,55). The number of aromatic carboxylic acids is 1. The van der Waals surface area contributed by atoms with Gasteiger partial charge in [-0.2, -0.15) is 47.0 Å². The topological polar surface area (TPSA) is 408 Å². The molecule has 13 amide bonds. The highest BCUT2D eigenvalue weighted by molar-refractivity contribution is 8.01. The number of carboxylic acids is 1. The van der Waals surface area contributed by atoms with E-state index in [9.17, 15) is 57.8 Å². The van der Waals surface area contributed by atoms with Crippen molar-refractivity contribution in [3.8, 4) is 0 Å². The molecule has 0 aliphatic carbocycles.